The minimum atomic E-state index is -0.464. The van der Waals surface area contributed by atoms with Gasteiger partial charge in [0.15, 0.2) is 0 Å². The third kappa shape index (κ3) is 3.58. The number of carbonyl (C=O) groups is 3. The van der Waals surface area contributed by atoms with Gasteiger partial charge in [0, 0.05) is 18.9 Å². The van der Waals surface area contributed by atoms with Crippen LogP contribution in [0, 0.1) is 11.8 Å². The van der Waals surface area contributed by atoms with Crippen LogP contribution in [0.15, 0.2) is 36.9 Å². The lowest BCUT2D eigenvalue weighted by molar-refractivity contribution is -0.140. The molecule has 0 aromatic heterocycles. The molecule has 29 heavy (non-hydrogen) atoms. The summed E-state index contributed by atoms with van der Waals surface area (Å²) in [5, 5.41) is 0. The van der Waals surface area contributed by atoms with Gasteiger partial charge in [-0.1, -0.05) is 62.4 Å². The van der Waals surface area contributed by atoms with Crippen LogP contribution in [0.1, 0.15) is 80.8 Å². The van der Waals surface area contributed by atoms with Gasteiger partial charge in [-0.05, 0) is 30.4 Å². The summed E-state index contributed by atoms with van der Waals surface area (Å²) in [5.41, 5.74) is 2.09. The molecule has 0 radical (unpaired) electrons. The van der Waals surface area contributed by atoms with E-state index in [-0.39, 0.29) is 29.4 Å². The molecule has 5 rings (SSSR count). The standard InChI is InChI=1S/C25H31NO3/c1-2-3-4-5-6-7-8-9-12-15-26-24(28)22-19-16-20(27)21(23(22)25(26)29)18-14-11-10-13-17(18)19/h2,10-11,13-14,19,21-23H,1,3-9,12,15-16H2/t19-,21-,22+,23-/m0/s1. The zero-order valence-corrected chi connectivity index (χ0v) is 17.1. The smallest absolute Gasteiger partial charge is 0.234 e. The first kappa shape index (κ1) is 20.1. The van der Waals surface area contributed by atoms with E-state index in [2.05, 4.69) is 6.58 Å². The van der Waals surface area contributed by atoms with E-state index >= 15 is 0 Å². The van der Waals surface area contributed by atoms with Gasteiger partial charge in [-0.3, -0.25) is 19.3 Å². The van der Waals surface area contributed by atoms with Gasteiger partial charge < -0.3 is 0 Å². The largest absolute Gasteiger partial charge is 0.299 e. The average Bonchev–Trinajstić information content (AvgIpc) is 2.98. The van der Waals surface area contributed by atoms with Gasteiger partial charge in [0.2, 0.25) is 11.8 Å². The van der Waals surface area contributed by atoms with Gasteiger partial charge in [-0.25, -0.2) is 0 Å². The molecule has 4 nitrogen and oxygen atoms in total. The number of nitrogens with zero attached hydrogens (tertiary/aromatic N) is 1. The average molecular weight is 394 g/mol. The molecule has 1 aromatic carbocycles. The molecule has 2 fully saturated rings. The Balaban J connectivity index is 1.34. The van der Waals surface area contributed by atoms with Crippen molar-refractivity contribution in [3.8, 4) is 0 Å². The Morgan fingerprint density at radius 1 is 0.862 bits per heavy atom. The highest BCUT2D eigenvalue weighted by Gasteiger charge is 2.62. The molecule has 4 heteroatoms. The number of ketones is 1. The van der Waals surface area contributed by atoms with E-state index in [0.717, 1.165) is 36.8 Å². The molecular weight excluding hydrogens is 362 g/mol. The van der Waals surface area contributed by atoms with Crippen LogP contribution in [0.2, 0.25) is 0 Å². The van der Waals surface area contributed by atoms with Crippen molar-refractivity contribution in [2.45, 2.75) is 69.6 Å². The Labute approximate surface area is 173 Å². The predicted octanol–water partition coefficient (Wildman–Crippen LogP) is 4.75. The lowest BCUT2D eigenvalue weighted by Crippen LogP contribution is -2.44. The van der Waals surface area contributed by atoms with E-state index in [4.69, 9.17) is 0 Å². The number of fused-ring (bicyclic) bond motifs is 1. The highest BCUT2D eigenvalue weighted by atomic mass is 16.2. The zero-order valence-electron chi connectivity index (χ0n) is 17.1. The number of unbranched alkanes of at least 4 members (excludes halogenated alkanes) is 7. The fourth-order valence-corrected chi connectivity index (χ4v) is 5.68. The van der Waals surface area contributed by atoms with Gasteiger partial charge in [0.1, 0.15) is 5.78 Å². The highest BCUT2D eigenvalue weighted by Crippen LogP contribution is 2.57. The Bertz CT molecular complexity index is 814. The summed E-state index contributed by atoms with van der Waals surface area (Å²) < 4.78 is 0. The van der Waals surface area contributed by atoms with Crippen LogP contribution in [0.5, 0.6) is 0 Å². The van der Waals surface area contributed by atoms with E-state index in [1.807, 2.05) is 30.3 Å². The van der Waals surface area contributed by atoms with E-state index in [1.54, 1.807) is 0 Å². The molecule has 1 heterocycles. The van der Waals surface area contributed by atoms with Gasteiger partial charge in [-0.2, -0.15) is 0 Å². The molecule has 4 atom stereocenters. The predicted molar refractivity (Wildman–Crippen MR) is 112 cm³/mol. The topological polar surface area (TPSA) is 54.5 Å². The molecular formula is C25H31NO3. The SMILES string of the molecule is C=CCCCCCCCCCN1C(=O)[C@@H]2[C@H](C1=O)[C@H]1CC(=O)[C@@H]2c2ccccc21. The molecule has 1 aliphatic heterocycles. The van der Waals surface area contributed by atoms with Crippen LogP contribution >= 0.6 is 0 Å². The minimum absolute atomic E-state index is 0.0403. The Morgan fingerprint density at radius 2 is 1.48 bits per heavy atom. The number of rotatable bonds is 10. The summed E-state index contributed by atoms with van der Waals surface area (Å²) in [6.45, 7) is 4.25. The van der Waals surface area contributed by atoms with E-state index < -0.39 is 11.8 Å². The monoisotopic (exact) mass is 393 g/mol. The molecule has 1 aromatic rings. The van der Waals surface area contributed by atoms with Crippen LogP contribution in [0.3, 0.4) is 0 Å². The number of hydrogen-bond acceptors (Lipinski definition) is 3. The first-order valence-corrected chi connectivity index (χ1v) is 11.2. The molecule has 3 aliphatic carbocycles. The molecule has 4 aliphatic rings. The minimum Gasteiger partial charge on any atom is -0.299 e. The maximum absolute atomic E-state index is 13.1. The quantitative estimate of drug-likeness (QED) is 0.327. The number of benzene rings is 1. The van der Waals surface area contributed by atoms with Gasteiger partial charge in [0.25, 0.3) is 0 Å². The Kier molecular flexibility index (Phi) is 5.98. The molecule has 0 spiro atoms. The maximum Gasteiger partial charge on any atom is 0.234 e. The Hall–Kier alpha value is -2.23. The first-order chi connectivity index (χ1) is 14.1. The van der Waals surface area contributed by atoms with Gasteiger partial charge >= 0.3 is 0 Å². The summed E-state index contributed by atoms with van der Waals surface area (Å²) in [6.07, 6.45) is 11.4. The van der Waals surface area contributed by atoms with Gasteiger partial charge in [-0.15, -0.1) is 6.58 Å². The number of imide groups is 1. The fraction of sp³-hybridized carbons (Fsp3) is 0.560. The number of Topliss-reactive ketones (excluding diaryl/α,β-unsaturated/α-hetero) is 1. The molecule has 0 N–H and O–H groups in total. The highest BCUT2D eigenvalue weighted by molar-refractivity contribution is 6.11. The lowest BCUT2D eigenvalue weighted by Gasteiger charge is -2.43. The molecule has 2 bridgehead atoms. The molecule has 154 valence electrons. The van der Waals surface area contributed by atoms with Crippen LogP contribution < -0.4 is 0 Å². The van der Waals surface area contributed by atoms with Crippen molar-refractivity contribution in [3.63, 3.8) is 0 Å². The van der Waals surface area contributed by atoms with Crippen molar-refractivity contribution >= 4 is 17.6 Å². The van der Waals surface area contributed by atoms with Crippen LogP contribution in [-0.2, 0) is 14.4 Å². The third-order valence-electron chi connectivity index (χ3n) is 7.07. The number of likely N-dealkylation sites (tertiary alicyclic amines) is 1. The summed E-state index contributed by atoms with van der Waals surface area (Å²) in [4.78, 5) is 40.4. The number of hydrogen-bond donors (Lipinski definition) is 0. The summed E-state index contributed by atoms with van der Waals surface area (Å²) in [5.74, 6) is -1.35. The number of allylic oxidation sites excluding steroid dienone is 1. The number of carbonyl (C=O) groups excluding carboxylic acids is 3. The summed E-state index contributed by atoms with van der Waals surface area (Å²) in [7, 11) is 0. The first-order valence-electron chi connectivity index (χ1n) is 11.2. The second-order valence-corrected chi connectivity index (χ2v) is 8.82. The second-order valence-electron chi connectivity index (χ2n) is 8.82. The fourth-order valence-electron chi connectivity index (χ4n) is 5.68. The third-order valence-corrected chi connectivity index (χ3v) is 7.07. The van der Waals surface area contributed by atoms with Crippen molar-refractivity contribution in [1.29, 1.82) is 0 Å². The summed E-state index contributed by atoms with van der Waals surface area (Å²) in [6, 6.07) is 7.90. The molecule has 2 amide bonds. The van der Waals surface area contributed by atoms with E-state index in [1.165, 1.54) is 30.6 Å². The van der Waals surface area contributed by atoms with Crippen LogP contribution in [0.4, 0.5) is 0 Å². The molecule has 0 unspecified atom stereocenters. The maximum atomic E-state index is 13.1. The van der Waals surface area contributed by atoms with Crippen molar-refractivity contribution in [2.75, 3.05) is 6.54 Å². The van der Waals surface area contributed by atoms with Crippen molar-refractivity contribution in [1.82, 2.24) is 4.90 Å². The van der Waals surface area contributed by atoms with Crippen LogP contribution in [0.25, 0.3) is 0 Å². The van der Waals surface area contributed by atoms with Crippen molar-refractivity contribution in [3.05, 3.63) is 48.0 Å². The van der Waals surface area contributed by atoms with Crippen molar-refractivity contribution in [2.24, 2.45) is 11.8 Å². The summed E-state index contributed by atoms with van der Waals surface area (Å²) >= 11 is 0. The van der Waals surface area contributed by atoms with E-state index in [0.29, 0.717) is 13.0 Å². The van der Waals surface area contributed by atoms with E-state index in [9.17, 15) is 14.4 Å². The molecule has 1 saturated carbocycles. The molecule has 1 saturated heterocycles. The van der Waals surface area contributed by atoms with Crippen molar-refractivity contribution < 1.29 is 14.4 Å². The normalized spacial score (nSPS) is 27.3. The zero-order chi connectivity index (χ0) is 20.4. The Morgan fingerprint density at radius 3 is 2.21 bits per heavy atom. The van der Waals surface area contributed by atoms with Crippen LogP contribution in [-0.4, -0.2) is 29.0 Å². The second kappa shape index (κ2) is 8.64. The lowest BCUT2D eigenvalue weighted by atomic mass is 9.56. The number of amides is 2. The van der Waals surface area contributed by atoms with Gasteiger partial charge in [0.05, 0.1) is 17.8 Å².